The summed E-state index contributed by atoms with van der Waals surface area (Å²) < 4.78 is 16.8. The first-order valence-electron chi connectivity index (χ1n) is 9.65. The lowest BCUT2D eigenvalue weighted by Crippen LogP contribution is -2.01. The van der Waals surface area contributed by atoms with Gasteiger partial charge in [-0.15, -0.1) is 0 Å². The van der Waals surface area contributed by atoms with Gasteiger partial charge >= 0.3 is 0 Å². The number of aromatic nitrogens is 3. The zero-order chi connectivity index (χ0) is 21.5. The highest BCUT2D eigenvalue weighted by Crippen LogP contribution is 2.35. The molecule has 0 aliphatic carbocycles. The maximum Gasteiger partial charge on any atom is 0.212 e. The van der Waals surface area contributed by atoms with Gasteiger partial charge in [0.2, 0.25) is 11.8 Å². The van der Waals surface area contributed by atoms with Gasteiger partial charge in [-0.3, -0.25) is 0 Å². The van der Waals surface area contributed by atoms with Crippen molar-refractivity contribution in [3.05, 3.63) is 72.9 Å². The molecule has 0 saturated heterocycles. The van der Waals surface area contributed by atoms with Crippen LogP contribution in [0.25, 0.3) is 22.6 Å². The molecule has 1 N–H and O–H groups in total. The normalized spacial score (nSPS) is 10.8. The van der Waals surface area contributed by atoms with Crippen molar-refractivity contribution in [1.29, 1.82) is 0 Å². The molecule has 31 heavy (non-hydrogen) atoms. The second-order valence-corrected chi connectivity index (χ2v) is 7.42. The van der Waals surface area contributed by atoms with Crippen molar-refractivity contribution in [3.8, 4) is 34.2 Å². The number of nitrogens with zero attached hydrogens (tertiary/aromatic N) is 3. The van der Waals surface area contributed by atoms with Gasteiger partial charge in [-0.25, -0.2) is 15.0 Å². The molecule has 4 aromatic rings. The fourth-order valence-electron chi connectivity index (χ4n) is 2.89. The summed E-state index contributed by atoms with van der Waals surface area (Å²) in [5.74, 6) is 3.00. The molecule has 0 fully saturated rings. The highest BCUT2D eigenvalue weighted by Gasteiger charge is 2.18. The van der Waals surface area contributed by atoms with Crippen LogP contribution in [0.4, 0.5) is 0 Å². The Labute approximate surface area is 184 Å². The smallest absolute Gasteiger partial charge is 0.212 e. The van der Waals surface area contributed by atoms with Crippen LogP contribution in [0, 0.1) is 0 Å². The molecule has 3 heterocycles. The Hall–Kier alpha value is -3.36. The Bertz CT molecular complexity index is 1100. The third-order valence-electron chi connectivity index (χ3n) is 4.35. The second kappa shape index (κ2) is 10.1. The minimum Gasteiger partial charge on any atom is -0.491 e. The maximum absolute atomic E-state index is 8.93. The Kier molecular flexibility index (Phi) is 6.81. The largest absolute Gasteiger partial charge is 0.491 e. The van der Waals surface area contributed by atoms with E-state index in [1.165, 1.54) is 0 Å². The fraction of sp³-hybridized carbons (Fsp3) is 0.174. The number of aliphatic hydroxyl groups excluding tert-OH is 1. The minimum atomic E-state index is -0.0320. The van der Waals surface area contributed by atoms with Gasteiger partial charge in [0.15, 0.2) is 5.76 Å². The zero-order valence-electron chi connectivity index (χ0n) is 16.9. The summed E-state index contributed by atoms with van der Waals surface area (Å²) in [7, 11) is 1.58. The van der Waals surface area contributed by atoms with Crippen LogP contribution in [0.2, 0.25) is 0 Å². The molecule has 158 valence electrons. The van der Waals surface area contributed by atoms with Gasteiger partial charge in [0, 0.05) is 29.6 Å². The molecule has 0 radical (unpaired) electrons. The molecule has 8 heteroatoms. The monoisotopic (exact) mass is 435 g/mol. The van der Waals surface area contributed by atoms with Gasteiger partial charge in [0.1, 0.15) is 18.1 Å². The van der Waals surface area contributed by atoms with Gasteiger partial charge in [0.25, 0.3) is 0 Å². The summed E-state index contributed by atoms with van der Waals surface area (Å²) in [5.41, 5.74) is 2.40. The number of hydrogen-bond donors (Lipinski definition) is 1. The van der Waals surface area contributed by atoms with Gasteiger partial charge in [-0.05, 0) is 42.5 Å². The number of thioether (sulfide) groups is 1. The number of ether oxygens (including phenoxy) is 2. The van der Waals surface area contributed by atoms with E-state index in [0.717, 1.165) is 16.2 Å². The number of methoxy groups -OCH3 is 1. The first kappa shape index (κ1) is 20.9. The third-order valence-corrected chi connectivity index (χ3v) is 5.28. The van der Waals surface area contributed by atoms with Crippen molar-refractivity contribution < 1.29 is 19.0 Å². The van der Waals surface area contributed by atoms with Crippen LogP contribution in [-0.2, 0) is 5.75 Å². The second-order valence-electron chi connectivity index (χ2n) is 6.43. The van der Waals surface area contributed by atoms with Crippen LogP contribution in [-0.4, -0.2) is 40.4 Å². The van der Waals surface area contributed by atoms with E-state index in [-0.39, 0.29) is 13.2 Å². The lowest BCUT2D eigenvalue weighted by molar-refractivity contribution is 0.201. The Morgan fingerprint density at radius 3 is 2.52 bits per heavy atom. The molecule has 3 aromatic heterocycles. The van der Waals surface area contributed by atoms with Crippen molar-refractivity contribution >= 4 is 11.8 Å². The van der Waals surface area contributed by atoms with E-state index < -0.39 is 0 Å². The van der Waals surface area contributed by atoms with E-state index in [1.807, 2.05) is 48.5 Å². The zero-order valence-corrected chi connectivity index (χ0v) is 17.7. The molecule has 1 aromatic carbocycles. The average molecular weight is 436 g/mol. The summed E-state index contributed by atoms with van der Waals surface area (Å²) in [4.78, 5) is 13.4. The molecular formula is C23H21N3O4S. The molecule has 0 spiro atoms. The van der Waals surface area contributed by atoms with Gasteiger partial charge in [-0.2, -0.15) is 0 Å². The minimum absolute atomic E-state index is 0.0320. The summed E-state index contributed by atoms with van der Waals surface area (Å²) in [6.07, 6.45) is 3.48. The molecule has 0 unspecified atom stereocenters. The highest BCUT2D eigenvalue weighted by molar-refractivity contribution is 7.98. The predicted octanol–water partition coefficient (Wildman–Crippen LogP) is 4.47. The van der Waals surface area contributed by atoms with Crippen LogP contribution in [0.1, 0.15) is 5.89 Å². The molecule has 0 amide bonds. The fourth-order valence-corrected chi connectivity index (χ4v) is 3.60. The van der Waals surface area contributed by atoms with Gasteiger partial charge in [0.05, 0.1) is 24.5 Å². The van der Waals surface area contributed by atoms with Crippen LogP contribution < -0.4 is 9.47 Å². The van der Waals surface area contributed by atoms with E-state index in [0.29, 0.717) is 34.7 Å². The summed E-state index contributed by atoms with van der Waals surface area (Å²) in [6, 6.07) is 17.0. The van der Waals surface area contributed by atoms with Crippen molar-refractivity contribution in [1.82, 2.24) is 15.0 Å². The van der Waals surface area contributed by atoms with E-state index in [4.69, 9.17) is 24.0 Å². The van der Waals surface area contributed by atoms with E-state index >= 15 is 0 Å². The predicted molar refractivity (Wildman–Crippen MR) is 118 cm³/mol. The van der Waals surface area contributed by atoms with Crippen molar-refractivity contribution in [2.45, 2.75) is 10.8 Å². The standard InChI is InChI=1S/C23H21N3O4S/c1-28-19-10-7-17(14-25-19)22-23(16-5-8-18(9-6-16)29-13-12-27)30-20(26-22)15-31-21-4-2-3-11-24-21/h2-11,14,27H,12-13,15H2,1H3. The lowest BCUT2D eigenvalue weighted by atomic mass is 10.1. The lowest BCUT2D eigenvalue weighted by Gasteiger charge is -2.06. The number of hydrogen-bond acceptors (Lipinski definition) is 8. The molecule has 0 saturated carbocycles. The Morgan fingerprint density at radius 1 is 1.00 bits per heavy atom. The number of aliphatic hydroxyl groups is 1. The van der Waals surface area contributed by atoms with E-state index in [1.54, 1.807) is 37.3 Å². The first-order valence-corrected chi connectivity index (χ1v) is 10.6. The van der Waals surface area contributed by atoms with E-state index in [9.17, 15) is 0 Å². The van der Waals surface area contributed by atoms with Crippen molar-refractivity contribution in [3.63, 3.8) is 0 Å². The first-order chi connectivity index (χ1) is 15.3. The summed E-state index contributed by atoms with van der Waals surface area (Å²) in [5, 5.41) is 9.83. The van der Waals surface area contributed by atoms with Crippen LogP contribution in [0.15, 0.2) is 76.4 Å². The summed E-state index contributed by atoms with van der Waals surface area (Å²) >= 11 is 1.56. The quantitative estimate of drug-likeness (QED) is 0.385. The maximum atomic E-state index is 8.93. The topological polar surface area (TPSA) is 90.5 Å². The van der Waals surface area contributed by atoms with Crippen LogP contribution in [0.3, 0.4) is 0 Å². The van der Waals surface area contributed by atoms with Crippen LogP contribution in [0.5, 0.6) is 11.6 Å². The highest BCUT2D eigenvalue weighted by atomic mass is 32.2. The van der Waals surface area contributed by atoms with Crippen LogP contribution >= 0.6 is 11.8 Å². The Morgan fingerprint density at radius 2 is 1.84 bits per heavy atom. The molecule has 0 aliphatic rings. The van der Waals surface area contributed by atoms with Crippen molar-refractivity contribution in [2.75, 3.05) is 20.3 Å². The number of benzene rings is 1. The average Bonchev–Trinajstić information content (AvgIpc) is 3.27. The number of rotatable bonds is 9. The summed E-state index contributed by atoms with van der Waals surface area (Å²) in [6.45, 7) is 0.217. The van der Waals surface area contributed by atoms with Gasteiger partial charge < -0.3 is 19.0 Å². The molecular weight excluding hydrogens is 414 g/mol. The SMILES string of the molecule is COc1ccc(-c2nc(CSc3ccccn3)oc2-c2ccc(OCCO)cc2)cn1. The van der Waals surface area contributed by atoms with Crippen molar-refractivity contribution in [2.24, 2.45) is 0 Å². The molecule has 0 atom stereocenters. The molecule has 0 bridgehead atoms. The van der Waals surface area contributed by atoms with Gasteiger partial charge in [-0.1, -0.05) is 17.8 Å². The molecule has 4 rings (SSSR count). The molecule has 0 aliphatic heterocycles. The van der Waals surface area contributed by atoms with E-state index in [2.05, 4.69) is 9.97 Å². The number of pyridine rings is 2. The third kappa shape index (κ3) is 5.22. The Balaban J connectivity index is 1.64. The number of oxazole rings is 1. The molecule has 7 nitrogen and oxygen atoms in total.